The van der Waals surface area contributed by atoms with Gasteiger partial charge in [-0.2, -0.15) is 0 Å². The van der Waals surface area contributed by atoms with Crippen LogP contribution in [0.1, 0.15) is 51.4 Å². The molecule has 0 aliphatic heterocycles. The molecule has 0 saturated heterocycles. The van der Waals surface area contributed by atoms with Crippen molar-refractivity contribution < 1.29 is 4.79 Å². The quantitative estimate of drug-likeness (QED) is 0.839. The molecule has 5 heteroatoms. The fraction of sp³-hybridized carbons (Fsp3) is 0.667. The molecule has 0 radical (unpaired) electrons. The van der Waals surface area contributed by atoms with Crippen molar-refractivity contribution in [3.8, 4) is 0 Å². The van der Waals surface area contributed by atoms with Crippen molar-refractivity contribution in [2.45, 2.75) is 53.1 Å². The summed E-state index contributed by atoms with van der Waals surface area (Å²) < 4.78 is 1.61. The molecule has 1 N–H and O–H groups in total. The molecular formula is C18H31N3O2. The van der Waals surface area contributed by atoms with Crippen LogP contribution in [0.25, 0.3) is 0 Å². The monoisotopic (exact) mass is 321 g/mol. The second-order valence-electron chi connectivity index (χ2n) is 7.45. The average molecular weight is 321 g/mol. The normalized spacial score (nSPS) is 12.0. The molecule has 1 heterocycles. The Morgan fingerprint density at radius 2 is 2.00 bits per heavy atom. The first kappa shape index (κ1) is 19.4. The van der Waals surface area contributed by atoms with E-state index in [0.29, 0.717) is 19.0 Å². The van der Waals surface area contributed by atoms with Crippen molar-refractivity contribution >= 4 is 5.91 Å². The molecule has 0 unspecified atom stereocenters. The molecule has 5 nitrogen and oxygen atoms in total. The highest BCUT2D eigenvalue weighted by Crippen LogP contribution is 2.09. The molecule has 0 saturated carbocycles. The summed E-state index contributed by atoms with van der Waals surface area (Å²) in [5, 5.41) is 2.82. The summed E-state index contributed by atoms with van der Waals surface area (Å²) in [6, 6.07) is 3.35. The van der Waals surface area contributed by atoms with Gasteiger partial charge in [0.2, 0.25) is 0 Å². The lowest BCUT2D eigenvalue weighted by Crippen LogP contribution is -2.41. The van der Waals surface area contributed by atoms with Crippen LogP contribution >= 0.6 is 0 Å². The van der Waals surface area contributed by atoms with Gasteiger partial charge in [-0.1, -0.05) is 13.8 Å². The SMILES string of the molecule is CC(C)CCNC(=O)c1cccn(CCN(C)C(C)(C)C)c1=O. The average Bonchev–Trinajstić information content (AvgIpc) is 2.44. The van der Waals surface area contributed by atoms with Crippen LogP contribution in [0.3, 0.4) is 0 Å². The van der Waals surface area contributed by atoms with Crippen LogP contribution in [0.2, 0.25) is 0 Å². The van der Waals surface area contributed by atoms with Gasteiger partial charge in [0.05, 0.1) is 0 Å². The van der Waals surface area contributed by atoms with E-state index in [1.165, 1.54) is 0 Å². The summed E-state index contributed by atoms with van der Waals surface area (Å²) in [6.07, 6.45) is 2.65. The molecule has 1 aromatic heterocycles. The van der Waals surface area contributed by atoms with Gasteiger partial charge in [0.25, 0.3) is 11.5 Å². The van der Waals surface area contributed by atoms with E-state index < -0.39 is 0 Å². The Hall–Kier alpha value is -1.62. The van der Waals surface area contributed by atoms with Crippen molar-refractivity contribution in [3.05, 3.63) is 34.2 Å². The second kappa shape index (κ2) is 8.29. The number of carbonyl (C=O) groups excluding carboxylic acids is 1. The van der Waals surface area contributed by atoms with Gasteiger partial charge in [0.15, 0.2) is 0 Å². The number of hydrogen-bond donors (Lipinski definition) is 1. The topological polar surface area (TPSA) is 54.3 Å². The Balaban J connectivity index is 2.74. The van der Waals surface area contributed by atoms with E-state index in [4.69, 9.17) is 0 Å². The van der Waals surface area contributed by atoms with E-state index in [9.17, 15) is 9.59 Å². The predicted octanol–water partition coefficient (Wildman–Crippen LogP) is 2.35. The largest absolute Gasteiger partial charge is 0.352 e. The first-order valence-corrected chi connectivity index (χ1v) is 8.32. The number of pyridine rings is 1. The Morgan fingerprint density at radius 3 is 2.57 bits per heavy atom. The van der Waals surface area contributed by atoms with Gasteiger partial charge >= 0.3 is 0 Å². The fourth-order valence-corrected chi connectivity index (χ4v) is 2.05. The number of hydrogen-bond acceptors (Lipinski definition) is 3. The van der Waals surface area contributed by atoms with Crippen LogP contribution in [0.4, 0.5) is 0 Å². The summed E-state index contributed by atoms with van der Waals surface area (Å²) in [7, 11) is 2.04. The van der Waals surface area contributed by atoms with E-state index in [0.717, 1.165) is 13.0 Å². The van der Waals surface area contributed by atoms with Crippen molar-refractivity contribution in [3.63, 3.8) is 0 Å². The molecule has 1 amide bonds. The smallest absolute Gasteiger partial charge is 0.263 e. The minimum atomic E-state index is -0.283. The zero-order chi connectivity index (χ0) is 17.6. The van der Waals surface area contributed by atoms with Crippen LogP contribution in [-0.4, -0.2) is 41.1 Å². The van der Waals surface area contributed by atoms with Gasteiger partial charge in [0, 0.05) is 31.4 Å². The summed E-state index contributed by atoms with van der Waals surface area (Å²) in [6.45, 7) is 12.5. The van der Waals surface area contributed by atoms with Crippen molar-refractivity contribution in [2.24, 2.45) is 5.92 Å². The number of carbonyl (C=O) groups is 1. The minimum absolute atomic E-state index is 0.0510. The highest BCUT2D eigenvalue weighted by molar-refractivity contribution is 5.93. The van der Waals surface area contributed by atoms with E-state index in [-0.39, 0.29) is 22.6 Å². The number of aromatic nitrogens is 1. The summed E-state index contributed by atoms with van der Waals surface area (Å²) >= 11 is 0. The number of nitrogens with zero attached hydrogens (tertiary/aromatic N) is 2. The van der Waals surface area contributed by atoms with Crippen LogP contribution in [-0.2, 0) is 6.54 Å². The molecule has 0 fully saturated rings. The van der Waals surface area contributed by atoms with Gasteiger partial charge in [-0.3, -0.25) is 14.5 Å². The molecule has 0 aliphatic carbocycles. The molecule has 130 valence electrons. The fourth-order valence-electron chi connectivity index (χ4n) is 2.05. The maximum Gasteiger partial charge on any atom is 0.263 e. The van der Waals surface area contributed by atoms with Gasteiger partial charge in [-0.05, 0) is 52.3 Å². The molecule has 1 aromatic rings. The van der Waals surface area contributed by atoms with Crippen LogP contribution in [0.15, 0.2) is 23.1 Å². The Bertz CT molecular complexity index is 570. The van der Waals surface area contributed by atoms with Gasteiger partial charge in [-0.25, -0.2) is 0 Å². The van der Waals surface area contributed by atoms with Crippen LogP contribution in [0.5, 0.6) is 0 Å². The third kappa shape index (κ3) is 6.18. The number of nitrogens with one attached hydrogen (secondary N) is 1. The predicted molar refractivity (Wildman–Crippen MR) is 94.9 cm³/mol. The Labute approximate surface area is 139 Å². The first-order chi connectivity index (χ1) is 10.6. The molecular weight excluding hydrogens is 290 g/mol. The Kier molecular flexibility index (Phi) is 7.01. The first-order valence-electron chi connectivity index (χ1n) is 8.32. The number of likely N-dealkylation sites (N-methyl/N-ethyl adjacent to an activating group) is 1. The second-order valence-corrected chi connectivity index (χ2v) is 7.45. The number of amides is 1. The highest BCUT2D eigenvalue weighted by Gasteiger charge is 2.17. The van der Waals surface area contributed by atoms with E-state index in [1.54, 1.807) is 22.9 Å². The molecule has 0 aliphatic rings. The highest BCUT2D eigenvalue weighted by atomic mass is 16.2. The molecule has 0 atom stereocenters. The third-order valence-corrected chi connectivity index (χ3v) is 4.09. The maximum absolute atomic E-state index is 12.5. The van der Waals surface area contributed by atoms with Crippen molar-refractivity contribution in [1.29, 1.82) is 0 Å². The van der Waals surface area contributed by atoms with Gasteiger partial charge in [0.1, 0.15) is 5.56 Å². The molecule has 0 aromatic carbocycles. The van der Waals surface area contributed by atoms with Gasteiger partial charge < -0.3 is 9.88 Å². The molecule has 1 rings (SSSR count). The van der Waals surface area contributed by atoms with Crippen LogP contribution in [0, 0.1) is 5.92 Å². The summed E-state index contributed by atoms with van der Waals surface area (Å²) in [5.74, 6) is 0.241. The number of rotatable bonds is 7. The van der Waals surface area contributed by atoms with Crippen LogP contribution < -0.4 is 10.9 Å². The summed E-state index contributed by atoms with van der Waals surface area (Å²) in [5.41, 5.74) is 0.0432. The lowest BCUT2D eigenvalue weighted by molar-refractivity contribution is 0.0949. The summed E-state index contributed by atoms with van der Waals surface area (Å²) in [4.78, 5) is 26.8. The standard InChI is InChI=1S/C18H31N3O2/c1-14(2)9-10-19-16(22)15-8-7-11-21(17(15)23)13-12-20(6)18(3,4)5/h7-8,11,14H,9-10,12-13H2,1-6H3,(H,19,22). The third-order valence-electron chi connectivity index (χ3n) is 4.09. The zero-order valence-electron chi connectivity index (χ0n) is 15.3. The molecule has 23 heavy (non-hydrogen) atoms. The Morgan fingerprint density at radius 1 is 1.35 bits per heavy atom. The lowest BCUT2D eigenvalue weighted by atomic mass is 10.1. The lowest BCUT2D eigenvalue weighted by Gasteiger charge is -2.31. The van der Waals surface area contributed by atoms with E-state index >= 15 is 0 Å². The van der Waals surface area contributed by atoms with E-state index in [2.05, 4.69) is 44.8 Å². The van der Waals surface area contributed by atoms with Gasteiger partial charge in [-0.15, -0.1) is 0 Å². The molecule has 0 spiro atoms. The minimum Gasteiger partial charge on any atom is -0.352 e. The van der Waals surface area contributed by atoms with Crippen molar-refractivity contribution in [1.82, 2.24) is 14.8 Å². The zero-order valence-corrected chi connectivity index (χ0v) is 15.3. The maximum atomic E-state index is 12.5. The van der Waals surface area contributed by atoms with Crippen molar-refractivity contribution in [2.75, 3.05) is 20.1 Å². The molecule has 0 bridgehead atoms. The van der Waals surface area contributed by atoms with E-state index in [1.807, 2.05) is 7.05 Å².